The Bertz CT molecular complexity index is 886. The first-order valence-corrected chi connectivity index (χ1v) is 9.79. The standard InChI is InChI=1S/C22H26N2O5/c1-26-16-6-8-19(27-2)17(11-16)18-4-3-9-24(18)13-22(25)23-12-15-5-7-20-21(10-15)29-14-28-20/h5-8,10-11,18H,3-4,9,12-14H2,1-2H3,(H,23,25)/t18-/m1/s1. The largest absolute Gasteiger partial charge is 0.497 e. The average molecular weight is 398 g/mol. The molecule has 2 aromatic carbocycles. The number of carbonyl (C=O) groups is 1. The summed E-state index contributed by atoms with van der Waals surface area (Å²) in [5.41, 5.74) is 2.04. The summed E-state index contributed by atoms with van der Waals surface area (Å²) in [6, 6.07) is 11.7. The fourth-order valence-corrected chi connectivity index (χ4v) is 3.96. The van der Waals surface area contributed by atoms with Crippen LogP contribution in [0.4, 0.5) is 0 Å². The zero-order valence-electron chi connectivity index (χ0n) is 16.8. The van der Waals surface area contributed by atoms with Crippen molar-refractivity contribution < 1.29 is 23.7 Å². The Labute approximate surface area is 170 Å². The first-order valence-electron chi connectivity index (χ1n) is 9.79. The number of methoxy groups -OCH3 is 2. The second-order valence-corrected chi connectivity index (χ2v) is 7.20. The van der Waals surface area contributed by atoms with Crippen LogP contribution in [0.1, 0.15) is 30.0 Å². The minimum absolute atomic E-state index is 0.00331. The molecule has 7 heteroatoms. The predicted octanol–water partition coefficient (Wildman–Crippen LogP) is 2.89. The predicted molar refractivity (Wildman–Crippen MR) is 108 cm³/mol. The molecule has 1 atom stereocenters. The molecule has 1 fully saturated rings. The van der Waals surface area contributed by atoms with Crippen LogP contribution >= 0.6 is 0 Å². The number of rotatable bonds is 7. The van der Waals surface area contributed by atoms with Crippen molar-refractivity contribution in [1.82, 2.24) is 10.2 Å². The van der Waals surface area contributed by atoms with Crippen molar-refractivity contribution in [3.05, 3.63) is 47.5 Å². The average Bonchev–Trinajstić information content (AvgIpc) is 3.40. The number of hydrogen-bond donors (Lipinski definition) is 1. The van der Waals surface area contributed by atoms with E-state index in [0.717, 1.165) is 53.5 Å². The van der Waals surface area contributed by atoms with Gasteiger partial charge in [-0.1, -0.05) is 6.07 Å². The maximum atomic E-state index is 12.6. The molecule has 7 nitrogen and oxygen atoms in total. The number of nitrogens with one attached hydrogen (secondary N) is 1. The summed E-state index contributed by atoms with van der Waals surface area (Å²) in [4.78, 5) is 14.8. The van der Waals surface area contributed by atoms with Gasteiger partial charge in [0.25, 0.3) is 0 Å². The van der Waals surface area contributed by atoms with Gasteiger partial charge < -0.3 is 24.3 Å². The lowest BCUT2D eigenvalue weighted by atomic mass is 10.0. The van der Waals surface area contributed by atoms with E-state index >= 15 is 0 Å². The topological polar surface area (TPSA) is 69.3 Å². The molecular weight excluding hydrogens is 372 g/mol. The van der Waals surface area contributed by atoms with Crippen LogP contribution in [0.2, 0.25) is 0 Å². The Morgan fingerprint density at radius 3 is 2.83 bits per heavy atom. The van der Waals surface area contributed by atoms with E-state index in [4.69, 9.17) is 18.9 Å². The molecule has 2 aromatic rings. The van der Waals surface area contributed by atoms with E-state index < -0.39 is 0 Å². The third-order valence-corrected chi connectivity index (χ3v) is 5.43. The van der Waals surface area contributed by atoms with Gasteiger partial charge in [0.2, 0.25) is 12.7 Å². The maximum absolute atomic E-state index is 12.6. The summed E-state index contributed by atoms with van der Waals surface area (Å²) in [5.74, 6) is 3.08. The molecule has 0 saturated carbocycles. The van der Waals surface area contributed by atoms with Gasteiger partial charge in [0.15, 0.2) is 11.5 Å². The van der Waals surface area contributed by atoms with Crippen molar-refractivity contribution in [2.45, 2.75) is 25.4 Å². The Morgan fingerprint density at radius 1 is 1.14 bits per heavy atom. The van der Waals surface area contributed by atoms with Gasteiger partial charge in [0, 0.05) is 18.2 Å². The monoisotopic (exact) mass is 398 g/mol. The van der Waals surface area contributed by atoms with E-state index in [2.05, 4.69) is 10.2 Å². The van der Waals surface area contributed by atoms with E-state index in [1.54, 1.807) is 14.2 Å². The zero-order chi connectivity index (χ0) is 20.2. The lowest BCUT2D eigenvalue weighted by Gasteiger charge is -2.26. The van der Waals surface area contributed by atoms with Crippen molar-refractivity contribution in [2.75, 3.05) is 34.1 Å². The first-order chi connectivity index (χ1) is 14.2. The molecule has 2 aliphatic heterocycles. The summed E-state index contributed by atoms with van der Waals surface area (Å²) >= 11 is 0. The Morgan fingerprint density at radius 2 is 2.00 bits per heavy atom. The van der Waals surface area contributed by atoms with Crippen LogP contribution in [0.5, 0.6) is 23.0 Å². The molecule has 154 valence electrons. The molecule has 0 aliphatic carbocycles. The summed E-state index contributed by atoms with van der Waals surface area (Å²) in [5, 5.41) is 3.01. The molecule has 1 N–H and O–H groups in total. The van der Waals surface area contributed by atoms with Crippen LogP contribution in [-0.4, -0.2) is 44.9 Å². The van der Waals surface area contributed by atoms with E-state index in [0.29, 0.717) is 13.1 Å². The van der Waals surface area contributed by atoms with Gasteiger partial charge in [-0.2, -0.15) is 0 Å². The van der Waals surface area contributed by atoms with E-state index in [9.17, 15) is 4.79 Å². The lowest BCUT2D eigenvalue weighted by molar-refractivity contribution is -0.122. The van der Waals surface area contributed by atoms with Gasteiger partial charge in [0.1, 0.15) is 11.5 Å². The third kappa shape index (κ3) is 4.24. The highest BCUT2D eigenvalue weighted by molar-refractivity contribution is 5.78. The Kier molecular flexibility index (Phi) is 5.76. The number of likely N-dealkylation sites (tertiary alicyclic amines) is 1. The summed E-state index contributed by atoms with van der Waals surface area (Å²) in [6.07, 6.45) is 2.03. The number of fused-ring (bicyclic) bond motifs is 1. The van der Waals surface area contributed by atoms with Crippen LogP contribution < -0.4 is 24.3 Å². The molecular formula is C22H26N2O5. The quantitative estimate of drug-likeness (QED) is 0.774. The zero-order valence-corrected chi connectivity index (χ0v) is 16.8. The number of hydrogen-bond acceptors (Lipinski definition) is 6. The highest BCUT2D eigenvalue weighted by Crippen LogP contribution is 2.38. The van der Waals surface area contributed by atoms with Gasteiger partial charge in [-0.15, -0.1) is 0 Å². The van der Waals surface area contributed by atoms with Gasteiger partial charge in [-0.25, -0.2) is 0 Å². The fraction of sp³-hybridized carbons (Fsp3) is 0.409. The lowest BCUT2D eigenvalue weighted by Crippen LogP contribution is -2.36. The molecule has 0 spiro atoms. The molecule has 0 aromatic heterocycles. The molecule has 4 rings (SSSR count). The molecule has 0 unspecified atom stereocenters. The first kappa shape index (κ1) is 19.4. The summed E-state index contributed by atoms with van der Waals surface area (Å²) in [6.45, 7) is 1.92. The number of benzene rings is 2. The third-order valence-electron chi connectivity index (χ3n) is 5.43. The van der Waals surface area contributed by atoms with Crippen molar-refractivity contribution >= 4 is 5.91 Å². The van der Waals surface area contributed by atoms with Crippen molar-refractivity contribution in [2.24, 2.45) is 0 Å². The molecule has 1 saturated heterocycles. The smallest absolute Gasteiger partial charge is 0.234 e. The Hall–Kier alpha value is -2.93. The van der Waals surface area contributed by atoms with Crippen molar-refractivity contribution in [1.29, 1.82) is 0 Å². The van der Waals surface area contributed by atoms with Crippen molar-refractivity contribution in [3.8, 4) is 23.0 Å². The molecule has 0 bridgehead atoms. The maximum Gasteiger partial charge on any atom is 0.234 e. The highest BCUT2D eigenvalue weighted by atomic mass is 16.7. The number of carbonyl (C=O) groups excluding carboxylic acids is 1. The number of nitrogens with zero attached hydrogens (tertiary/aromatic N) is 1. The fourth-order valence-electron chi connectivity index (χ4n) is 3.96. The van der Waals surface area contributed by atoms with Crippen molar-refractivity contribution in [3.63, 3.8) is 0 Å². The minimum atomic E-state index is -0.00331. The van der Waals surface area contributed by atoms with Crippen LogP contribution in [0.3, 0.4) is 0 Å². The van der Waals surface area contributed by atoms with Gasteiger partial charge >= 0.3 is 0 Å². The van der Waals surface area contributed by atoms with Crippen LogP contribution in [-0.2, 0) is 11.3 Å². The van der Waals surface area contributed by atoms with Gasteiger partial charge in [0.05, 0.1) is 20.8 Å². The molecule has 29 heavy (non-hydrogen) atoms. The molecule has 0 radical (unpaired) electrons. The second-order valence-electron chi connectivity index (χ2n) is 7.20. The Balaban J connectivity index is 1.39. The summed E-state index contributed by atoms with van der Waals surface area (Å²) in [7, 11) is 3.32. The summed E-state index contributed by atoms with van der Waals surface area (Å²) < 4.78 is 21.6. The normalized spacial score (nSPS) is 17.9. The van der Waals surface area contributed by atoms with Crippen LogP contribution in [0.25, 0.3) is 0 Å². The van der Waals surface area contributed by atoms with Gasteiger partial charge in [-0.05, 0) is 55.3 Å². The second kappa shape index (κ2) is 8.61. The van der Waals surface area contributed by atoms with Gasteiger partial charge in [-0.3, -0.25) is 9.69 Å². The van der Waals surface area contributed by atoms with Crippen LogP contribution in [0, 0.1) is 0 Å². The van der Waals surface area contributed by atoms with Crippen LogP contribution in [0.15, 0.2) is 36.4 Å². The number of amides is 1. The van der Waals surface area contributed by atoms with E-state index in [1.165, 1.54) is 0 Å². The molecule has 2 heterocycles. The highest BCUT2D eigenvalue weighted by Gasteiger charge is 2.30. The SMILES string of the molecule is COc1ccc(OC)c([C@H]2CCCN2CC(=O)NCc2ccc3c(c2)OCO3)c1. The van der Waals surface area contributed by atoms with E-state index in [-0.39, 0.29) is 18.7 Å². The van der Waals surface area contributed by atoms with E-state index in [1.807, 2.05) is 36.4 Å². The molecule has 1 amide bonds. The molecule has 2 aliphatic rings. The number of ether oxygens (including phenoxy) is 4. The minimum Gasteiger partial charge on any atom is -0.497 e.